The highest BCUT2D eigenvalue weighted by Gasteiger charge is 2.19. The van der Waals surface area contributed by atoms with Crippen molar-refractivity contribution in [2.75, 3.05) is 13.1 Å². The summed E-state index contributed by atoms with van der Waals surface area (Å²) in [6, 6.07) is 5.51. The fourth-order valence-corrected chi connectivity index (χ4v) is 1.61. The molecule has 0 N–H and O–H groups in total. The molecule has 0 saturated heterocycles. The maximum Gasteiger partial charge on any atom is 0.289 e. The van der Waals surface area contributed by atoms with Crippen molar-refractivity contribution in [2.45, 2.75) is 27.2 Å². The number of amides is 1. The first-order valence-electron chi connectivity index (χ1n) is 5.77. The third-order valence-electron chi connectivity index (χ3n) is 2.32. The number of carbonyl (C=O) groups excluding carboxylic acids is 1. The maximum atomic E-state index is 12.1. The third-order valence-corrected chi connectivity index (χ3v) is 2.32. The van der Waals surface area contributed by atoms with E-state index in [9.17, 15) is 4.79 Å². The molecule has 0 fully saturated rings. The molecule has 0 bridgehead atoms. The molecule has 1 rings (SSSR count). The van der Waals surface area contributed by atoms with Crippen LogP contribution in [0.3, 0.4) is 0 Å². The fraction of sp³-hybridized carbons (Fsp3) is 0.538. The summed E-state index contributed by atoms with van der Waals surface area (Å²) >= 11 is 0. The van der Waals surface area contributed by atoms with Crippen LogP contribution in [0.5, 0.6) is 0 Å². The van der Waals surface area contributed by atoms with Crippen LogP contribution in [0, 0.1) is 24.2 Å². The van der Waals surface area contributed by atoms with Crippen molar-refractivity contribution in [3.05, 3.63) is 23.7 Å². The van der Waals surface area contributed by atoms with Crippen molar-refractivity contribution in [3.8, 4) is 6.07 Å². The van der Waals surface area contributed by atoms with Crippen LogP contribution in [0.1, 0.15) is 36.6 Å². The average Bonchev–Trinajstić information content (AvgIpc) is 2.69. The van der Waals surface area contributed by atoms with E-state index >= 15 is 0 Å². The molecule has 0 atom stereocenters. The molecule has 0 radical (unpaired) electrons. The van der Waals surface area contributed by atoms with Crippen LogP contribution in [-0.4, -0.2) is 23.9 Å². The molecule has 1 heterocycles. The molecular weight excluding hydrogens is 216 g/mol. The zero-order valence-electron chi connectivity index (χ0n) is 10.6. The molecule has 0 saturated carbocycles. The van der Waals surface area contributed by atoms with Gasteiger partial charge in [0.25, 0.3) is 5.91 Å². The number of aryl methyl sites for hydroxylation is 1. The first kappa shape index (κ1) is 13.3. The normalized spacial score (nSPS) is 10.3. The van der Waals surface area contributed by atoms with Gasteiger partial charge in [0.05, 0.1) is 12.5 Å². The van der Waals surface area contributed by atoms with E-state index in [1.807, 2.05) is 13.8 Å². The molecule has 17 heavy (non-hydrogen) atoms. The summed E-state index contributed by atoms with van der Waals surface area (Å²) in [6.45, 7) is 6.98. The topological polar surface area (TPSA) is 57.2 Å². The van der Waals surface area contributed by atoms with Gasteiger partial charge >= 0.3 is 0 Å². The highest BCUT2D eigenvalue weighted by Crippen LogP contribution is 2.11. The monoisotopic (exact) mass is 234 g/mol. The highest BCUT2D eigenvalue weighted by atomic mass is 16.3. The zero-order chi connectivity index (χ0) is 12.8. The van der Waals surface area contributed by atoms with Crippen molar-refractivity contribution in [1.82, 2.24) is 4.90 Å². The van der Waals surface area contributed by atoms with E-state index in [0.717, 1.165) is 5.76 Å². The summed E-state index contributed by atoms with van der Waals surface area (Å²) < 4.78 is 5.31. The van der Waals surface area contributed by atoms with E-state index in [4.69, 9.17) is 9.68 Å². The SMILES string of the molecule is Cc1ccc(C(=O)N(CCC#N)CC(C)C)o1. The standard InChI is InChI=1S/C13H18N2O2/c1-10(2)9-15(8-4-7-14)13(16)12-6-5-11(3)17-12/h5-6,10H,4,8-9H2,1-3H3. The number of hydrogen-bond acceptors (Lipinski definition) is 3. The Hall–Kier alpha value is -1.76. The molecule has 0 aromatic carbocycles. The van der Waals surface area contributed by atoms with E-state index in [1.54, 1.807) is 24.0 Å². The quantitative estimate of drug-likeness (QED) is 0.786. The molecule has 92 valence electrons. The van der Waals surface area contributed by atoms with Gasteiger partial charge < -0.3 is 9.32 Å². The minimum Gasteiger partial charge on any atom is -0.456 e. The number of hydrogen-bond donors (Lipinski definition) is 0. The van der Waals surface area contributed by atoms with Crippen LogP contribution in [0.2, 0.25) is 0 Å². The van der Waals surface area contributed by atoms with E-state index in [0.29, 0.717) is 31.2 Å². The molecule has 0 aliphatic heterocycles. The van der Waals surface area contributed by atoms with E-state index < -0.39 is 0 Å². The van der Waals surface area contributed by atoms with Gasteiger partial charge in [-0.25, -0.2) is 0 Å². The van der Waals surface area contributed by atoms with Crippen LogP contribution in [0.15, 0.2) is 16.5 Å². The van der Waals surface area contributed by atoms with E-state index in [-0.39, 0.29) is 5.91 Å². The average molecular weight is 234 g/mol. The van der Waals surface area contributed by atoms with Crippen LogP contribution in [-0.2, 0) is 0 Å². The van der Waals surface area contributed by atoms with Crippen molar-refractivity contribution in [2.24, 2.45) is 5.92 Å². The number of furan rings is 1. The number of carbonyl (C=O) groups is 1. The van der Waals surface area contributed by atoms with Crippen molar-refractivity contribution in [3.63, 3.8) is 0 Å². The Morgan fingerprint density at radius 2 is 2.24 bits per heavy atom. The van der Waals surface area contributed by atoms with Crippen LogP contribution in [0.25, 0.3) is 0 Å². The van der Waals surface area contributed by atoms with Crippen LogP contribution >= 0.6 is 0 Å². The smallest absolute Gasteiger partial charge is 0.289 e. The van der Waals surface area contributed by atoms with Gasteiger partial charge in [0.15, 0.2) is 5.76 Å². The minimum atomic E-state index is -0.137. The fourth-order valence-electron chi connectivity index (χ4n) is 1.61. The first-order chi connectivity index (χ1) is 8.04. The molecule has 0 aliphatic rings. The minimum absolute atomic E-state index is 0.137. The lowest BCUT2D eigenvalue weighted by Gasteiger charge is -2.22. The van der Waals surface area contributed by atoms with Gasteiger partial charge in [-0.3, -0.25) is 4.79 Å². The largest absolute Gasteiger partial charge is 0.456 e. The molecule has 0 aliphatic carbocycles. The lowest BCUT2D eigenvalue weighted by atomic mass is 10.2. The summed E-state index contributed by atoms with van der Waals surface area (Å²) in [5, 5.41) is 8.59. The van der Waals surface area contributed by atoms with Crippen LogP contribution in [0.4, 0.5) is 0 Å². The molecule has 1 aromatic heterocycles. The van der Waals surface area contributed by atoms with Crippen molar-refractivity contribution < 1.29 is 9.21 Å². The van der Waals surface area contributed by atoms with E-state index in [2.05, 4.69) is 6.07 Å². The Morgan fingerprint density at radius 3 is 2.71 bits per heavy atom. The molecule has 4 nitrogen and oxygen atoms in total. The molecule has 1 aromatic rings. The van der Waals surface area contributed by atoms with Gasteiger partial charge in [-0.15, -0.1) is 0 Å². The second-order valence-electron chi connectivity index (χ2n) is 4.46. The number of rotatable bonds is 5. The molecule has 1 amide bonds. The van der Waals surface area contributed by atoms with Gasteiger partial charge in [0.1, 0.15) is 5.76 Å². The third kappa shape index (κ3) is 3.95. The highest BCUT2D eigenvalue weighted by molar-refractivity contribution is 5.91. The summed E-state index contributed by atoms with van der Waals surface area (Å²) in [5.74, 6) is 1.30. The number of nitriles is 1. The molecular formula is C13H18N2O2. The maximum absolute atomic E-state index is 12.1. The van der Waals surface area contributed by atoms with Crippen molar-refractivity contribution >= 4 is 5.91 Å². The summed E-state index contributed by atoms with van der Waals surface area (Å²) in [6.07, 6.45) is 0.345. The molecule has 4 heteroatoms. The van der Waals surface area contributed by atoms with Gasteiger partial charge in [0.2, 0.25) is 0 Å². The predicted octanol–water partition coefficient (Wildman–Crippen LogP) is 2.60. The Kier molecular flexibility index (Phi) is 4.77. The summed E-state index contributed by atoms with van der Waals surface area (Å²) in [4.78, 5) is 13.8. The lowest BCUT2D eigenvalue weighted by Crippen LogP contribution is -2.34. The summed E-state index contributed by atoms with van der Waals surface area (Å²) in [7, 11) is 0. The molecule has 0 unspecified atom stereocenters. The van der Waals surface area contributed by atoms with Gasteiger partial charge in [-0.2, -0.15) is 5.26 Å². The van der Waals surface area contributed by atoms with E-state index in [1.165, 1.54) is 0 Å². The Balaban J connectivity index is 2.75. The molecule has 0 spiro atoms. The van der Waals surface area contributed by atoms with Gasteiger partial charge in [0, 0.05) is 13.1 Å². The lowest BCUT2D eigenvalue weighted by molar-refractivity contribution is 0.0706. The Labute approximate surface area is 102 Å². The predicted molar refractivity (Wildman–Crippen MR) is 64.4 cm³/mol. The first-order valence-corrected chi connectivity index (χ1v) is 5.77. The second kappa shape index (κ2) is 6.09. The second-order valence-corrected chi connectivity index (χ2v) is 4.46. The van der Waals surface area contributed by atoms with Crippen molar-refractivity contribution in [1.29, 1.82) is 5.26 Å². The zero-order valence-corrected chi connectivity index (χ0v) is 10.6. The Bertz CT molecular complexity index is 415. The summed E-state index contributed by atoms with van der Waals surface area (Å²) in [5.41, 5.74) is 0. The van der Waals surface area contributed by atoms with Gasteiger partial charge in [-0.1, -0.05) is 13.8 Å². The Morgan fingerprint density at radius 1 is 1.53 bits per heavy atom. The van der Waals surface area contributed by atoms with Gasteiger partial charge in [-0.05, 0) is 25.0 Å². The van der Waals surface area contributed by atoms with Crippen LogP contribution < -0.4 is 0 Å². The number of nitrogens with zero attached hydrogens (tertiary/aromatic N) is 2.